The van der Waals surface area contributed by atoms with Crippen LogP contribution in [0.5, 0.6) is 5.75 Å². The van der Waals surface area contributed by atoms with Gasteiger partial charge in [-0.25, -0.2) is 14.4 Å². The van der Waals surface area contributed by atoms with Gasteiger partial charge >= 0.3 is 0 Å². The smallest absolute Gasteiger partial charge is 0.169 e. The highest BCUT2D eigenvalue weighted by Crippen LogP contribution is 2.35. The molecular formula is C20H27FN4O. The summed E-state index contributed by atoms with van der Waals surface area (Å²) in [4.78, 5) is 13.6. The minimum absolute atomic E-state index is 0.192. The number of ether oxygens (including phenoxy) is 1. The van der Waals surface area contributed by atoms with Gasteiger partial charge in [-0.05, 0) is 46.5 Å². The Hall–Kier alpha value is -2.05. The van der Waals surface area contributed by atoms with Gasteiger partial charge in [-0.2, -0.15) is 0 Å². The normalized spacial score (nSPS) is 17.8. The molecule has 1 aliphatic heterocycles. The first kappa shape index (κ1) is 18.7. The summed E-state index contributed by atoms with van der Waals surface area (Å²) in [5, 5.41) is 0. The SMILES string of the molecule is COc1cccc(CN2CCCC2c2nc(C)ncc2CN(C)C)c1F. The Kier molecular flexibility index (Phi) is 5.84. The van der Waals surface area contributed by atoms with Gasteiger partial charge in [0.15, 0.2) is 11.6 Å². The third-order valence-corrected chi connectivity index (χ3v) is 4.82. The van der Waals surface area contributed by atoms with Crippen LogP contribution < -0.4 is 4.74 Å². The van der Waals surface area contributed by atoms with Crippen LogP contribution in [-0.4, -0.2) is 47.5 Å². The van der Waals surface area contributed by atoms with Crippen LogP contribution in [0.3, 0.4) is 0 Å². The second-order valence-electron chi connectivity index (χ2n) is 7.13. The molecule has 0 N–H and O–H groups in total. The van der Waals surface area contributed by atoms with Crippen molar-refractivity contribution < 1.29 is 9.13 Å². The predicted molar refractivity (Wildman–Crippen MR) is 99.5 cm³/mol. The van der Waals surface area contributed by atoms with E-state index in [1.54, 1.807) is 6.07 Å². The molecule has 0 radical (unpaired) electrons. The number of hydrogen-bond acceptors (Lipinski definition) is 5. The quantitative estimate of drug-likeness (QED) is 0.792. The van der Waals surface area contributed by atoms with Gasteiger partial charge in [-0.15, -0.1) is 0 Å². The van der Waals surface area contributed by atoms with Gasteiger partial charge in [-0.1, -0.05) is 12.1 Å². The van der Waals surface area contributed by atoms with Crippen molar-refractivity contribution in [3.8, 4) is 5.75 Å². The molecule has 1 aliphatic rings. The second-order valence-corrected chi connectivity index (χ2v) is 7.13. The molecule has 1 fully saturated rings. The molecule has 5 nitrogen and oxygen atoms in total. The molecular weight excluding hydrogens is 331 g/mol. The van der Waals surface area contributed by atoms with E-state index in [0.717, 1.165) is 43.0 Å². The van der Waals surface area contributed by atoms with Crippen molar-refractivity contribution in [2.75, 3.05) is 27.7 Å². The van der Waals surface area contributed by atoms with Crippen LogP contribution in [0, 0.1) is 12.7 Å². The maximum Gasteiger partial charge on any atom is 0.169 e. The zero-order valence-electron chi connectivity index (χ0n) is 16.0. The van der Waals surface area contributed by atoms with Gasteiger partial charge in [0.05, 0.1) is 18.8 Å². The highest BCUT2D eigenvalue weighted by atomic mass is 19.1. The monoisotopic (exact) mass is 358 g/mol. The van der Waals surface area contributed by atoms with Crippen molar-refractivity contribution in [2.24, 2.45) is 0 Å². The second kappa shape index (κ2) is 8.10. The number of nitrogens with zero attached hydrogens (tertiary/aromatic N) is 4. The molecule has 2 heterocycles. The van der Waals surface area contributed by atoms with Crippen LogP contribution in [0.25, 0.3) is 0 Å². The third-order valence-electron chi connectivity index (χ3n) is 4.82. The van der Waals surface area contributed by atoms with Crippen molar-refractivity contribution in [3.63, 3.8) is 0 Å². The minimum Gasteiger partial charge on any atom is -0.494 e. The lowest BCUT2D eigenvalue weighted by Crippen LogP contribution is -2.26. The zero-order valence-corrected chi connectivity index (χ0v) is 16.0. The summed E-state index contributed by atoms with van der Waals surface area (Å²) < 4.78 is 19.7. The van der Waals surface area contributed by atoms with E-state index in [9.17, 15) is 4.39 Å². The van der Waals surface area contributed by atoms with E-state index in [0.29, 0.717) is 17.9 Å². The summed E-state index contributed by atoms with van der Waals surface area (Å²) in [7, 11) is 5.58. The Bertz CT molecular complexity index is 765. The van der Waals surface area contributed by atoms with Gasteiger partial charge in [-0.3, -0.25) is 4.90 Å². The molecule has 0 amide bonds. The summed E-state index contributed by atoms with van der Waals surface area (Å²) in [6.45, 7) is 4.21. The highest BCUT2D eigenvalue weighted by Gasteiger charge is 2.30. The van der Waals surface area contributed by atoms with E-state index in [-0.39, 0.29) is 11.9 Å². The van der Waals surface area contributed by atoms with Gasteiger partial charge in [0.25, 0.3) is 0 Å². The number of benzene rings is 1. The standard InChI is InChI=1S/C20H27FN4O/c1-14-22-11-16(12-24(2)3)20(23-14)17-8-6-10-25(17)13-15-7-5-9-18(26-4)19(15)21/h5,7,9,11,17H,6,8,10,12-13H2,1-4H3. The van der Waals surface area contributed by atoms with E-state index in [2.05, 4.69) is 14.8 Å². The Morgan fingerprint density at radius 2 is 2.12 bits per heavy atom. The molecule has 1 atom stereocenters. The van der Waals surface area contributed by atoms with Crippen LogP contribution in [0.15, 0.2) is 24.4 Å². The van der Waals surface area contributed by atoms with Gasteiger partial charge < -0.3 is 9.64 Å². The summed E-state index contributed by atoms with van der Waals surface area (Å²) in [6, 6.07) is 5.52. The molecule has 1 saturated heterocycles. The highest BCUT2D eigenvalue weighted by molar-refractivity contribution is 5.31. The van der Waals surface area contributed by atoms with Crippen molar-refractivity contribution in [1.29, 1.82) is 0 Å². The summed E-state index contributed by atoms with van der Waals surface area (Å²) in [6.07, 6.45) is 4.05. The fourth-order valence-electron chi connectivity index (χ4n) is 3.64. The van der Waals surface area contributed by atoms with Crippen molar-refractivity contribution >= 4 is 0 Å². The molecule has 6 heteroatoms. The fraction of sp³-hybridized carbons (Fsp3) is 0.500. The molecule has 0 saturated carbocycles. The van der Waals surface area contributed by atoms with E-state index >= 15 is 0 Å². The summed E-state index contributed by atoms with van der Waals surface area (Å²) >= 11 is 0. The lowest BCUT2D eigenvalue weighted by molar-refractivity contribution is 0.236. The van der Waals surface area contributed by atoms with Crippen molar-refractivity contribution in [3.05, 3.63) is 52.9 Å². The number of rotatable bonds is 6. The molecule has 140 valence electrons. The van der Waals surface area contributed by atoms with Gasteiger partial charge in [0.2, 0.25) is 0 Å². The molecule has 26 heavy (non-hydrogen) atoms. The minimum atomic E-state index is -0.270. The average molecular weight is 358 g/mol. The molecule has 2 aromatic rings. The third kappa shape index (κ3) is 4.02. The first-order chi connectivity index (χ1) is 12.5. The predicted octanol–water partition coefficient (Wildman–Crippen LogP) is 3.33. The average Bonchev–Trinajstić information content (AvgIpc) is 3.06. The van der Waals surface area contributed by atoms with Gasteiger partial charge in [0, 0.05) is 30.4 Å². The van der Waals surface area contributed by atoms with Crippen LogP contribution in [0.1, 0.15) is 41.5 Å². The fourth-order valence-corrected chi connectivity index (χ4v) is 3.64. The Morgan fingerprint density at radius 3 is 2.85 bits per heavy atom. The molecule has 0 spiro atoms. The Morgan fingerprint density at radius 1 is 1.31 bits per heavy atom. The molecule has 1 aromatic carbocycles. The summed E-state index contributed by atoms with van der Waals surface area (Å²) in [5.41, 5.74) is 2.88. The number of aromatic nitrogens is 2. The zero-order chi connectivity index (χ0) is 18.7. The van der Waals surface area contributed by atoms with E-state index < -0.39 is 0 Å². The van der Waals surface area contributed by atoms with E-state index in [4.69, 9.17) is 9.72 Å². The first-order valence-corrected chi connectivity index (χ1v) is 9.02. The van der Waals surface area contributed by atoms with E-state index in [1.807, 2.05) is 39.3 Å². The maximum atomic E-state index is 14.6. The largest absolute Gasteiger partial charge is 0.494 e. The molecule has 3 rings (SSSR count). The van der Waals surface area contributed by atoms with Crippen molar-refractivity contribution in [1.82, 2.24) is 19.8 Å². The number of hydrogen-bond donors (Lipinski definition) is 0. The van der Waals surface area contributed by atoms with Crippen molar-refractivity contribution in [2.45, 2.75) is 38.9 Å². The lowest BCUT2D eigenvalue weighted by atomic mass is 10.0. The molecule has 1 unspecified atom stereocenters. The topological polar surface area (TPSA) is 41.5 Å². The van der Waals surface area contributed by atoms with Crippen LogP contribution in [-0.2, 0) is 13.1 Å². The Labute approximate surface area is 154 Å². The number of aryl methyl sites for hydroxylation is 1. The molecule has 0 bridgehead atoms. The van der Waals surface area contributed by atoms with Crippen LogP contribution >= 0.6 is 0 Å². The number of likely N-dealkylation sites (tertiary alicyclic amines) is 1. The maximum absolute atomic E-state index is 14.6. The molecule has 1 aromatic heterocycles. The Balaban J connectivity index is 1.88. The number of halogens is 1. The lowest BCUT2D eigenvalue weighted by Gasteiger charge is -2.27. The summed E-state index contributed by atoms with van der Waals surface area (Å²) in [5.74, 6) is 0.805. The molecule has 0 aliphatic carbocycles. The first-order valence-electron chi connectivity index (χ1n) is 9.02. The number of methoxy groups -OCH3 is 1. The van der Waals surface area contributed by atoms with Crippen LogP contribution in [0.4, 0.5) is 4.39 Å². The van der Waals surface area contributed by atoms with Crippen LogP contribution in [0.2, 0.25) is 0 Å². The van der Waals surface area contributed by atoms with E-state index in [1.165, 1.54) is 7.11 Å². The van der Waals surface area contributed by atoms with Gasteiger partial charge in [0.1, 0.15) is 5.82 Å².